The third-order valence-electron chi connectivity index (χ3n) is 3.20. The van der Waals surface area contributed by atoms with Crippen LogP contribution in [0.25, 0.3) is 11.0 Å². The number of anilines is 1. The van der Waals surface area contributed by atoms with Gasteiger partial charge in [0.2, 0.25) is 5.91 Å². The van der Waals surface area contributed by atoms with E-state index in [4.69, 9.17) is 0 Å². The summed E-state index contributed by atoms with van der Waals surface area (Å²) >= 11 is 1.56. The SMILES string of the molecule is Cc1nn(C)c2n[nH]c(NC(=O)CCSc3ccccn3)c12. The number of hydrogen-bond acceptors (Lipinski definition) is 5. The molecule has 1 amide bonds. The first-order valence-electron chi connectivity index (χ1n) is 6.86. The Labute approximate surface area is 131 Å². The maximum absolute atomic E-state index is 12.0. The summed E-state index contributed by atoms with van der Waals surface area (Å²) in [5, 5.41) is 15.9. The Hall–Kier alpha value is -2.35. The third-order valence-corrected chi connectivity index (χ3v) is 4.14. The molecule has 114 valence electrons. The van der Waals surface area contributed by atoms with E-state index < -0.39 is 0 Å². The van der Waals surface area contributed by atoms with Crippen molar-refractivity contribution in [3.8, 4) is 0 Å². The van der Waals surface area contributed by atoms with Crippen LogP contribution in [0.2, 0.25) is 0 Å². The number of nitrogens with one attached hydrogen (secondary N) is 2. The van der Waals surface area contributed by atoms with Gasteiger partial charge in [0, 0.05) is 25.4 Å². The van der Waals surface area contributed by atoms with Gasteiger partial charge >= 0.3 is 0 Å². The van der Waals surface area contributed by atoms with Crippen molar-refractivity contribution < 1.29 is 4.79 Å². The molecule has 0 atom stereocenters. The highest BCUT2D eigenvalue weighted by Crippen LogP contribution is 2.23. The topological polar surface area (TPSA) is 88.5 Å². The second kappa shape index (κ2) is 6.18. The summed E-state index contributed by atoms with van der Waals surface area (Å²) in [5.41, 5.74) is 1.57. The number of aryl methyl sites for hydroxylation is 2. The zero-order valence-electron chi connectivity index (χ0n) is 12.3. The number of amides is 1. The molecule has 8 heteroatoms. The minimum absolute atomic E-state index is 0.0581. The highest BCUT2D eigenvalue weighted by molar-refractivity contribution is 7.99. The van der Waals surface area contributed by atoms with E-state index in [9.17, 15) is 4.79 Å². The summed E-state index contributed by atoms with van der Waals surface area (Å²) in [6.45, 7) is 1.89. The van der Waals surface area contributed by atoms with Gasteiger partial charge in [0.1, 0.15) is 5.82 Å². The summed E-state index contributed by atoms with van der Waals surface area (Å²) in [6, 6.07) is 5.73. The largest absolute Gasteiger partial charge is 0.310 e. The second-order valence-corrected chi connectivity index (χ2v) is 5.94. The molecule has 3 aromatic rings. The molecule has 0 unspecified atom stereocenters. The highest BCUT2D eigenvalue weighted by atomic mass is 32.2. The van der Waals surface area contributed by atoms with Crippen LogP contribution in [0, 0.1) is 6.92 Å². The van der Waals surface area contributed by atoms with Crippen molar-refractivity contribution >= 4 is 34.5 Å². The fraction of sp³-hybridized carbons (Fsp3) is 0.286. The number of carbonyl (C=O) groups excluding carboxylic acids is 1. The number of nitrogens with zero attached hydrogens (tertiary/aromatic N) is 4. The Bertz CT molecular complexity index is 794. The Morgan fingerprint density at radius 1 is 1.45 bits per heavy atom. The van der Waals surface area contributed by atoms with Crippen molar-refractivity contribution in [2.75, 3.05) is 11.1 Å². The fourth-order valence-corrected chi connectivity index (χ4v) is 3.01. The maximum atomic E-state index is 12.0. The smallest absolute Gasteiger partial charge is 0.226 e. The van der Waals surface area contributed by atoms with E-state index in [0.717, 1.165) is 21.8 Å². The minimum Gasteiger partial charge on any atom is -0.310 e. The first-order valence-corrected chi connectivity index (χ1v) is 7.85. The van der Waals surface area contributed by atoms with Gasteiger partial charge in [0.25, 0.3) is 0 Å². The lowest BCUT2D eigenvalue weighted by molar-refractivity contribution is -0.115. The van der Waals surface area contributed by atoms with Crippen LogP contribution < -0.4 is 5.32 Å². The van der Waals surface area contributed by atoms with Gasteiger partial charge in [0.15, 0.2) is 5.65 Å². The van der Waals surface area contributed by atoms with E-state index in [2.05, 4.69) is 25.6 Å². The van der Waals surface area contributed by atoms with Gasteiger partial charge in [-0.2, -0.15) is 10.2 Å². The number of pyridine rings is 1. The second-order valence-electron chi connectivity index (χ2n) is 4.82. The van der Waals surface area contributed by atoms with Gasteiger partial charge in [-0.25, -0.2) is 9.67 Å². The molecule has 3 heterocycles. The number of aromatic amines is 1. The fourth-order valence-electron chi connectivity index (χ4n) is 2.20. The summed E-state index contributed by atoms with van der Waals surface area (Å²) < 4.78 is 1.69. The molecule has 3 rings (SSSR count). The molecule has 0 bridgehead atoms. The average Bonchev–Trinajstić information content (AvgIpc) is 3.03. The quantitative estimate of drug-likeness (QED) is 0.704. The van der Waals surface area contributed by atoms with E-state index in [1.54, 1.807) is 22.6 Å². The normalized spacial score (nSPS) is 11.0. The van der Waals surface area contributed by atoms with Gasteiger partial charge in [-0.3, -0.25) is 9.89 Å². The lowest BCUT2D eigenvalue weighted by Gasteiger charge is -2.03. The molecule has 0 fully saturated rings. The van der Waals surface area contributed by atoms with E-state index in [0.29, 0.717) is 18.0 Å². The molecule has 2 N–H and O–H groups in total. The number of H-pyrrole nitrogens is 1. The van der Waals surface area contributed by atoms with Crippen molar-refractivity contribution in [1.29, 1.82) is 0 Å². The summed E-state index contributed by atoms with van der Waals surface area (Å²) in [5.74, 6) is 1.22. The van der Waals surface area contributed by atoms with Gasteiger partial charge < -0.3 is 5.32 Å². The van der Waals surface area contributed by atoms with Gasteiger partial charge in [-0.15, -0.1) is 11.8 Å². The highest BCUT2D eigenvalue weighted by Gasteiger charge is 2.15. The number of hydrogen-bond donors (Lipinski definition) is 2. The van der Waals surface area contributed by atoms with E-state index in [1.807, 2.05) is 32.2 Å². The van der Waals surface area contributed by atoms with Crippen LogP contribution in [-0.4, -0.2) is 36.6 Å². The predicted octanol–water partition coefficient (Wildman–Crippen LogP) is 2.12. The van der Waals surface area contributed by atoms with Crippen LogP contribution >= 0.6 is 11.8 Å². The Morgan fingerprint density at radius 2 is 2.32 bits per heavy atom. The lowest BCUT2D eigenvalue weighted by Crippen LogP contribution is -2.12. The van der Waals surface area contributed by atoms with Gasteiger partial charge in [-0.1, -0.05) is 6.07 Å². The zero-order valence-corrected chi connectivity index (χ0v) is 13.1. The monoisotopic (exact) mass is 316 g/mol. The van der Waals surface area contributed by atoms with Gasteiger partial charge in [0.05, 0.1) is 16.1 Å². The molecule has 3 aromatic heterocycles. The number of rotatable bonds is 5. The van der Waals surface area contributed by atoms with Crippen molar-refractivity contribution in [3.05, 3.63) is 30.1 Å². The van der Waals surface area contributed by atoms with Crippen molar-refractivity contribution in [3.63, 3.8) is 0 Å². The first-order chi connectivity index (χ1) is 10.6. The molecule has 0 aliphatic carbocycles. The van der Waals surface area contributed by atoms with Crippen molar-refractivity contribution in [1.82, 2.24) is 25.0 Å². The minimum atomic E-state index is -0.0581. The van der Waals surface area contributed by atoms with Crippen molar-refractivity contribution in [2.45, 2.75) is 18.4 Å². The molecule has 7 nitrogen and oxygen atoms in total. The molecular formula is C14H16N6OS. The Kier molecular flexibility index (Phi) is 4.10. The lowest BCUT2D eigenvalue weighted by atomic mass is 10.3. The number of aromatic nitrogens is 5. The van der Waals surface area contributed by atoms with Crippen LogP contribution in [0.5, 0.6) is 0 Å². The summed E-state index contributed by atoms with van der Waals surface area (Å²) in [7, 11) is 1.82. The van der Waals surface area contributed by atoms with Crippen LogP contribution in [0.15, 0.2) is 29.4 Å². The maximum Gasteiger partial charge on any atom is 0.226 e. The molecule has 0 aromatic carbocycles. The van der Waals surface area contributed by atoms with Crippen LogP contribution in [0.4, 0.5) is 5.82 Å². The van der Waals surface area contributed by atoms with Crippen molar-refractivity contribution in [2.24, 2.45) is 7.05 Å². The number of carbonyl (C=O) groups is 1. The molecule has 0 aliphatic rings. The first kappa shape index (κ1) is 14.6. The molecule has 22 heavy (non-hydrogen) atoms. The molecule has 0 spiro atoms. The third kappa shape index (κ3) is 2.96. The van der Waals surface area contributed by atoms with Crippen LogP contribution in [0.1, 0.15) is 12.1 Å². The molecule has 0 saturated heterocycles. The number of fused-ring (bicyclic) bond motifs is 1. The van der Waals surface area contributed by atoms with Gasteiger partial charge in [-0.05, 0) is 19.1 Å². The van der Waals surface area contributed by atoms with E-state index in [1.165, 1.54) is 0 Å². The summed E-state index contributed by atoms with van der Waals surface area (Å²) in [4.78, 5) is 16.3. The average molecular weight is 316 g/mol. The Morgan fingerprint density at radius 3 is 3.09 bits per heavy atom. The molecular weight excluding hydrogens is 300 g/mol. The van der Waals surface area contributed by atoms with E-state index >= 15 is 0 Å². The number of thioether (sulfide) groups is 1. The predicted molar refractivity (Wildman–Crippen MR) is 85.8 cm³/mol. The van der Waals surface area contributed by atoms with E-state index in [-0.39, 0.29) is 5.91 Å². The standard InChI is InChI=1S/C14H16N6OS/c1-9-12-13(17-18-14(12)20(2)19-9)16-10(21)6-8-22-11-5-3-4-7-15-11/h3-5,7H,6,8H2,1-2H3,(H2,16,17,18,21). The Balaban J connectivity index is 1.59. The molecule has 0 saturated carbocycles. The van der Waals surface area contributed by atoms with Crippen LogP contribution in [-0.2, 0) is 11.8 Å². The molecule has 0 aliphatic heterocycles. The summed E-state index contributed by atoms with van der Waals surface area (Å²) in [6.07, 6.45) is 2.15. The zero-order chi connectivity index (χ0) is 15.5. The van der Waals surface area contributed by atoms with Crippen LogP contribution in [0.3, 0.4) is 0 Å². The molecule has 0 radical (unpaired) electrons.